The lowest BCUT2D eigenvalue weighted by atomic mass is 10.1. The second kappa shape index (κ2) is 6.21. The second-order valence-electron chi connectivity index (χ2n) is 3.53. The topological polar surface area (TPSA) is 63.6 Å². The zero-order valence-electron chi connectivity index (χ0n) is 10.1. The van der Waals surface area contributed by atoms with E-state index >= 15 is 0 Å². The van der Waals surface area contributed by atoms with Gasteiger partial charge in [0, 0.05) is 16.2 Å². The van der Waals surface area contributed by atoms with Crippen LogP contribution in [0.15, 0.2) is 29.8 Å². The van der Waals surface area contributed by atoms with Crippen LogP contribution in [0.5, 0.6) is 0 Å². The van der Waals surface area contributed by atoms with Crippen LogP contribution < -0.4 is 0 Å². The minimum absolute atomic E-state index is 0.0595. The molecule has 0 aromatic heterocycles. The summed E-state index contributed by atoms with van der Waals surface area (Å²) in [5.41, 5.74) is 0.352. The number of carbonyl (C=O) groups is 2. The van der Waals surface area contributed by atoms with Crippen LogP contribution in [-0.2, 0) is 14.3 Å². The number of ether oxygens (including phenoxy) is 1. The third-order valence-electron chi connectivity index (χ3n) is 2.27. The molecule has 0 saturated heterocycles. The highest BCUT2D eigenvalue weighted by molar-refractivity contribution is 6.41. The molecule has 1 aromatic carbocycles. The summed E-state index contributed by atoms with van der Waals surface area (Å²) in [4.78, 5) is 22.8. The third kappa shape index (κ3) is 3.34. The average Bonchev–Trinajstić information content (AvgIpc) is 2.37. The molecule has 0 radical (unpaired) electrons. The number of ketones is 1. The van der Waals surface area contributed by atoms with Gasteiger partial charge in [-0.15, -0.1) is 0 Å². The molecular weight excluding hydrogens is 256 g/mol. The van der Waals surface area contributed by atoms with Crippen molar-refractivity contribution in [3.8, 4) is 0 Å². The molecular formula is C13H13ClO4. The second-order valence-corrected chi connectivity index (χ2v) is 3.97. The average molecular weight is 269 g/mol. The maximum Gasteiger partial charge on any atom is 0.379 e. The summed E-state index contributed by atoms with van der Waals surface area (Å²) in [5, 5.41) is 10.4. The Morgan fingerprint density at radius 2 is 1.83 bits per heavy atom. The van der Waals surface area contributed by atoms with E-state index in [-0.39, 0.29) is 17.9 Å². The maximum atomic E-state index is 11.6. The number of Topliss-reactive ketones (excluding diaryl/α,β-unsaturated/α-hetero) is 1. The highest BCUT2D eigenvalue weighted by Gasteiger charge is 2.20. The fourth-order valence-corrected chi connectivity index (χ4v) is 1.41. The highest BCUT2D eigenvalue weighted by atomic mass is 35.5. The first-order chi connectivity index (χ1) is 8.47. The molecule has 0 saturated carbocycles. The van der Waals surface area contributed by atoms with E-state index < -0.39 is 11.8 Å². The Kier molecular flexibility index (Phi) is 4.92. The van der Waals surface area contributed by atoms with Crippen molar-refractivity contribution in [1.29, 1.82) is 0 Å². The van der Waals surface area contributed by atoms with Gasteiger partial charge in [0.05, 0.1) is 6.61 Å². The summed E-state index contributed by atoms with van der Waals surface area (Å²) >= 11 is 5.71. The van der Waals surface area contributed by atoms with Crippen LogP contribution in [0.4, 0.5) is 0 Å². The smallest absolute Gasteiger partial charge is 0.379 e. The van der Waals surface area contributed by atoms with Crippen molar-refractivity contribution >= 4 is 29.1 Å². The molecule has 0 amide bonds. The first-order valence-corrected chi connectivity index (χ1v) is 5.72. The molecule has 0 aliphatic heterocycles. The monoisotopic (exact) mass is 268 g/mol. The van der Waals surface area contributed by atoms with Crippen molar-refractivity contribution in [2.24, 2.45) is 0 Å². The van der Waals surface area contributed by atoms with E-state index in [9.17, 15) is 14.7 Å². The van der Waals surface area contributed by atoms with Gasteiger partial charge in [-0.1, -0.05) is 11.6 Å². The largest absolute Gasteiger partial charge is 0.507 e. The van der Waals surface area contributed by atoms with Crippen LogP contribution in [0.2, 0.25) is 5.02 Å². The Balaban J connectivity index is 3.01. The summed E-state index contributed by atoms with van der Waals surface area (Å²) in [7, 11) is 0. The fourth-order valence-electron chi connectivity index (χ4n) is 1.28. The lowest BCUT2D eigenvalue weighted by Crippen LogP contribution is -2.19. The predicted octanol–water partition coefficient (Wildman–Crippen LogP) is 2.76. The van der Waals surface area contributed by atoms with Gasteiger partial charge < -0.3 is 9.84 Å². The Labute approximate surface area is 110 Å². The molecule has 0 bridgehead atoms. The molecule has 96 valence electrons. The van der Waals surface area contributed by atoms with Crippen molar-refractivity contribution in [1.82, 2.24) is 0 Å². The predicted molar refractivity (Wildman–Crippen MR) is 68.3 cm³/mol. The molecule has 0 heterocycles. The van der Waals surface area contributed by atoms with Crippen molar-refractivity contribution in [2.75, 3.05) is 6.61 Å². The molecule has 1 rings (SSSR count). The molecule has 0 fully saturated rings. The normalized spacial score (nSPS) is 11.7. The third-order valence-corrected chi connectivity index (χ3v) is 2.53. The first kappa shape index (κ1) is 14.3. The molecule has 5 heteroatoms. The van der Waals surface area contributed by atoms with Crippen LogP contribution in [0.25, 0.3) is 5.76 Å². The van der Waals surface area contributed by atoms with Crippen LogP contribution in [0.3, 0.4) is 0 Å². The van der Waals surface area contributed by atoms with Gasteiger partial charge in [-0.25, -0.2) is 4.79 Å². The first-order valence-electron chi connectivity index (χ1n) is 5.34. The van der Waals surface area contributed by atoms with Crippen molar-refractivity contribution in [2.45, 2.75) is 13.8 Å². The minimum Gasteiger partial charge on any atom is -0.507 e. The summed E-state index contributed by atoms with van der Waals surface area (Å²) in [5.74, 6) is -2.09. The standard InChI is InChI=1S/C13H13ClO4/c1-3-18-13(17)12(16)8(2)11(15)9-4-6-10(14)7-5-9/h4-7,15H,3H2,1-2H3/b11-8-. The van der Waals surface area contributed by atoms with E-state index in [2.05, 4.69) is 4.74 Å². The molecule has 1 aromatic rings. The minimum atomic E-state index is -0.976. The molecule has 0 aliphatic carbocycles. The SMILES string of the molecule is CCOC(=O)C(=O)/C(C)=C(\O)c1ccc(Cl)cc1. The summed E-state index contributed by atoms with van der Waals surface area (Å²) < 4.78 is 4.58. The Bertz CT molecular complexity index is 488. The number of hydrogen-bond acceptors (Lipinski definition) is 4. The van der Waals surface area contributed by atoms with Gasteiger partial charge in [0.1, 0.15) is 5.76 Å². The van der Waals surface area contributed by atoms with Crippen LogP contribution >= 0.6 is 11.6 Å². The number of benzene rings is 1. The van der Waals surface area contributed by atoms with E-state index in [0.717, 1.165) is 0 Å². The van der Waals surface area contributed by atoms with E-state index in [4.69, 9.17) is 11.6 Å². The molecule has 4 nitrogen and oxygen atoms in total. The lowest BCUT2D eigenvalue weighted by Gasteiger charge is -2.05. The zero-order valence-corrected chi connectivity index (χ0v) is 10.8. The number of rotatable bonds is 4. The summed E-state index contributed by atoms with van der Waals surface area (Å²) in [6.45, 7) is 3.08. The van der Waals surface area contributed by atoms with E-state index in [1.54, 1.807) is 31.2 Å². The van der Waals surface area contributed by atoms with Crippen molar-refractivity contribution in [3.63, 3.8) is 0 Å². The van der Waals surface area contributed by atoms with Crippen molar-refractivity contribution in [3.05, 3.63) is 40.4 Å². The van der Waals surface area contributed by atoms with Crippen molar-refractivity contribution < 1.29 is 19.4 Å². The fraction of sp³-hybridized carbons (Fsp3) is 0.231. The quantitative estimate of drug-likeness (QED) is 0.395. The number of aliphatic hydroxyl groups excluding tert-OH is 1. The van der Waals surface area contributed by atoms with Gasteiger partial charge in [0.15, 0.2) is 0 Å². The van der Waals surface area contributed by atoms with Gasteiger partial charge in [0.25, 0.3) is 5.78 Å². The number of aliphatic hydroxyl groups is 1. The Morgan fingerprint density at radius 3 is 2.33 bits per heavy atom. The van der Waals surface area contributed by atoms with Gasteiger partial charge >= 0.3 is 5.97 Å². The number of halogens is 1. The molecule has 18 heavy (non-hydrogen) atoms. The molecule has 0 spiro atoms. The van der Waals surface area contributed by atoms with E-state index in [1.807, 2.05) is 0 Å². The summed E-state index contributed by atoms with van der Waals surface area (Å²) in [6.07, 6.45) is 0. The van der Waals surface area contributed by atoms with Gasteiger partial charge in [-0.2, -0.15) is 0 Å². The summed E-state index contributed by atoms with van der Waals surface area (Å²) in [6, 6.07) is 6.27. The molecule has 0 unspecified atom stereocenters. The lowest BCUT2D eigenvalue weighted by molar-refractivity contribution is -0.151. The van der Waals surface area contributed by atoms with Crippen LogP contribution in [-0.4, -0.2) is 23.5 Å². The zero-order chi connectivity index (χ0) is 13.7. The van der Waals surface area contributed by atoms with E-state index in [0.29, 0.717) is 10.6 Å². The van der Waals surface area contributed by atoms with Gasteiger partial charge in [-0.3, -0.25) is 4.79 Å². The Hall–Kier alpha value is -1.81. The highest BCUT2D eigenvalue weighted by Crippen LogP contribution is 2.19. The number of esters is 1. The number of carbonyl (C=O) groups excluding carboxylic acids is 2. The number of hydrogen-bond donors (Lipinski definition) is 1. The maximum absolute atomic E-state index is 11.6. The van der Waals surface area contributed by atoms with Gasteiger partial charge in [-0.05, 0) is 38.1 Å². The van der Waals surface area contributed by atoms with Gasteiger partial charge in [0.2, 0.25) is 0 Å². The Morgan fingerprint density at radius 1 is 1.28 bits per heavy atom. The van der Waals surface area contributed by atoms with E-state index in [1.165, 1.54) is 6.92 Å². The molecule has 1 N–H and O–H groups in total. The van der Waals surface area contributed by atoms with Crippen LogP contribution in [0.1, 0.15) is 19.4 Å². The van der Waals surface area contributed by atoms with Crippen LogP contribution in [0, 0.1) is 0 Å². The molecule has 0 aliphatic rings. The molecule has 0 atom stereocenters.